The minimum absolute atomic E-state index is 0.0257. The summed E-state index contributed by atoms with van der Waals surface area (Å²) in [5.74, 6) is -7.74. The molecule has 0 radical (unpaired) electrons. The predicted octanol–water partition coefficient (Wildman–Crippen LogP) is 4.38. The maximum absolute atomic E-state index is 14.5. The number of aromatic hydroxyl groups is 1. The number of alkyl halides is 2. The zero-order chi connectivity index (χ0) is 27.3. The van der Waals surface area contributed by atoms with Crippen LogP contribution in [0.5, 0.6) is 5.75 Å². The molecule has 38 heavy (non-hydrogen) atoms. The Morgan fingerprint density at radius 3 is 2.34 bits per heavy atom. The Bertz CT molecular complexity index is 1480. The average Bonchev–Trinajstić information content (AvgIpc) is 3.22. The number of amides is 4. The minimum Gasteiger partial charge on any atom is -0.505 e. The van der Waals surface area contributed by atoms with Gasteiger partial charge in [-0.2, -0.15) is 0 Å². The molecule has 1 N–H and O–H groups in total. The van der Waals surface area contributed by atoms with Crippen molar-refractivity contribution in [2.75, 3.05) is 11.9 Å². The Labute approximate surface area is 231 Å². The van der Waals surface area contributed by atoms with Gasteiger partial charge in [-0.25, -0.2) is 4.39 Å². The van der Waals surface area contributed by atoms with Crippen molar-refractivity contribution in [1.82, 2.24) is 4.90 Å². The molecule has 1 saturated carbocycles. The van der Waals surface area contributed by atoms with E-state index >= 15 is 0 Å². The number of fused-ring (bicyclic) bond motifs is 4. The van der Waals surface area contributed by atoms with Crippen LogP contribution in [0.15, 0.2) is 54.1 Å². The number of carbonyl (C=O) groups is 4. The van der Waals surface area contributed by atoms with Crippen LogP contribution in [-0.4, -0.2) is 50.4 Å². The Morgan fingerprint density at radius 1 is 0.974 bits per heavy atom. The van der Waals surface area contributed by atoms with Gasteiger partial charge in [-0.1, -0.05) is 35.4 Å². The van der Waals surface area contributed by atoms with Crippen molar-refractivity contribution in [3.05, 3.63) is 70.5 Å². The Balaban J connectivity index is 1.53. The lowest BCUT2D eigenvalue weighted by Gasteiger charge is -2.50. The number of likely N-dealkylation sites (tertiary alicyclic amines) is 1. The normalized spacial score (nSPS) is 34.3. The van der Waals surface area contributed by atoms with E-state index in [1.54, 1.807) is 30.3 Å². The number of benzene rings is 2. The average molecular weight is 578 g/mol. The molecule has 2 heterocycles. The number of allylic oxidation sites excluding steroid dienone is 2. The maximum atomic E-state index is 14.5. The fraction of sp³-hybridized carbons (Fsp3) is 0.333. The highest BCUT2D eigenvalue weighted by atomic mass is 35.5. The van der Waals surface area contributed by atoms with E-state index < -0.39 is 68.6 Å². The molecule has 4 amide bonds. The number of rotatable bonds is 2. The fourth-order valence-corrected chi connectivity index (χ4v) is 7.84. The first-order valence-corrected chi connectivity index (χ1v) is 13.1. The first-order chi connectivity index (χ1) is 17.9. The van der Waals surface area contributed by atoms with E-state index in [0.29, 0.717) is 16.3 Å². The number of phenols is 1. The van der Waals surface area contributed by atoms with Crippen LogP contribution in [-0.2, 0) is 19.2 Å². The number of phenolic OH excluding ortho intramolecular Hbond substituents is 1. The van der Waals surface area contributed by atoms with E-state index in [0.717, 1.165) is 15.9 Å². The van der Waals surface area contributed by atoms with Gasteiger partial charge in [0.1, 0.15) is 0 Å². The van der Waals surface area contributed by atoms with Crippen LogP contribution in [0.3, 0.4) is 0 Å². The highest BCUT2D eigenvalue weighted by Crippen LogP contribution is 2.66. The number of para-hydroxylation sites is 1. The number of imide groups is 2. The molecule has 2 aliphatic heterocycles. The van der Waals surface area contributed by atoms with Gasteiger partial charge in [0.15, 0.2) is 21.3 Å². The molecular weight excluding hydrogens is 558 g/mol. The largest absolute Gasteiger partial charge is 0.505 e. The van der Waals surface area contributed by atoms with Crippen LogP contribution in [0.1, 0.15) is 24.3 Å². The molecule has 3 fully saturated rings. The third kappa shape index (κ3) is 3.02. The number of nitrogens with zero attached hydrogens (tertiary/aromatic N) is 2. The summed E-state index contributed by atoms with van der Waals surface area (Å²) in [5.41, 5.74) is 0.797. The smallest absolute Gasteiger partial charge is 0.253 e. The molecule has 11 heteroatoms. The van der Waals surface area contributed by atoms with Crippen molar-refractivity contribution in [1.29, 1.82) is 0 Å². The highest BCUT2D eigenvalue weighted by molar-refractivity contribution is 6.53. The van der Waals surface area contributed by atoms with Crippen LogP contribution < -0.4 is 4.90 Å². The van der Waals surface area contributed by atoms with Gasteiger partial charge in [0.2, 0.25) is 11.8 Å². The summed E-state index contributed by atoms with van der Waals surface area (Å²) >= 11 is 20.0. The molecule has 6 rings (SSSR count). The van der Waals surface area contributed by atoms with Gasteiger partial charge in [-0.15, -0.1) is 23.2 Å². The standard InChI is InChI=1S/C27H20Cl3FN2O5/c1-32-24(37)26(29)11-17-14(20(27(26,30)25(32)38)16-3-2-4-18(31)21(16)34)9-10-15-19(17)23(36)33(22(15)35)13-7-5-12(28)6-8-13/h2-9,15,17,19-20,34H,10-11H2,1H3/t15-,17+,19-,20+,26+,27-/m0/s1. The fourth-order valence-electron chi connectivity index (χ4n) is 6.70. The maximum Gasteiger partial charge on any atom is 0.253 e. The summed E-state index contributed by atoms with van der Waals surface area (Å²) < 4.78 is 14.5. The zero-order valence-electron chi connectivity index (χ0n) is 19.8. The molecule has 4 aliphatic rings. The summed E-state index contributed by atoms with van der Waals surface area (Å²) in [4.78, 5) is 52.0. The van der Waals surface area contributed by atoms with Gasteiger partial charge < -0.3 is 5.11 Å². The quantitative estimate of drug-likeness (QED) is 0.325. The predicted molar refractivity (Wildman–Crippen MR) is 137 cm³/mol. The number of hydrogen-bond acceptors (Lipinski definition) is 5. The van der Waals surface area contributed by atoms with Gasteiger partial charge in [0.25, 0.3) is 11.8 Å². The van der Waals surface area contributed by atoms with Crippen molar-refractivity contribution in [2.24, 2.45) is 17.8 Å². The summed E-state index contributed by atoms with van der Waals surface area (Å²) in [6.45, 7) is 0. The summed E-state index contributed by atoms with van der Waals surface area (Å²) in [6, 6.07) is 10.1. The van der Waals surface area contributed by atoms with E-state index in [2.05, 4.69) is 0 Å². The molecule has 0 bridgehead atoms. The summed E-state index contributed by atoms with van der Waals surface area (Å²) in [6.07, 6.45) is 1.67. The summed E-state index contributed by atoms with van der Waals surface area (Å²) in [5, 5.41) is 11.2. The second-order valence-corrected chi connectivity index (χ2v) is 11.8. The molecule has 196 valence electrons. The van der Waals surface area contributed by atoms with Gasteiger partial charge in [0, 0.05) is 23.6 Å². The van der Waals surface area contributed by atoms with Crippen LogP contribution in [0, 0.1) is 23.6 Å². The lowest BCUT2D eigenvalue weighted by atomic mass is 9.56. The monoisotopic (exact) mass is 576 g/mol. The minimum atomic E-state index is -2.09. The Morgan fingerprint density at radius 2 is 1.66 bits per heavy atom. The molecule has 2 aromatic rings. The highest BCUT2D eigenvalue weighted by Gasteiger charge is 2.76. The number of anilines is 1. The van der Waals surface area contributed by atoms with Gasteiger partial charge in [-0.3, -0.25) is 29.0 Å². The lowest BCUT2D eigenvalue weighted by Crippen LogP contribution is -2.60. The topological polar surface area (TPSA) is 95.0 Å². The van der Waals surface area contributed by atoms with Crippen molar-refractivity contribution >= 4 is 64.1 Å². The zero-order valence-corrected chi connectivity index (χ0v) is 22.1. The molecular formula is C27H20Cl3FN2O5. The number of hydrogen-bond donors (Lipinski definition) is 1. The SMILES string of the molecule is CN1C(=O)[C@]2(Cl)C[C@@H]3C(=CC[C@@H]4C(=O)N(c5ccc(Cl)cc5)C(=O)[C@@H]43)[C@H](c3cccc(F)c3O)[C@]2(Cl)C1=O. The lowest BCUT2D eigenvalue weighted by molar-refractivity contribution is -0.138. The van der Waals surface area contributed by atoms with Crippen LogP contribution in [0.4, 0.5) is 10.1 Å². The Kier molecular flexibility index (Phi) is 5.52. The van der Waals surface area contributed by atoms with Gasteiger partial charge in [-0.05, 0) is 49.1 Å². The molecule has 2 saturated heterocycles. The van der Waals surface area contributed by atoms with Crippen molar-refractivity contribution in [3.63, 3.8) is 0 Å². The first-order valence-electron chi connectivity index (χ1n) is 11.9. The molecule has 2 aromatic carbocycles. The first kappa shape index (κ1) is 25.3. The van der Waals surface area contributed by atoms with E-state index in [9.17, 15) is 28.7 Å². The van der Waals surface area contributed by atoms with E-state index in [1.165, 1.54) is 19.2 Å². The van der Waals surface area contributed by atoms with Crippen molar-refractivity contribution in [2.45, 2.75) is 28.5 Å². The van der Waals surface area contributed by atoms with Gasteiger partial charge in [0.05, 0.1) is 17.5 Å². The van der Waals surface area contributed by atoms with E-state index in [4.69, 9.17) is 34.8 Å². The third-order valence-electron chi connectivity index (χ3n) is 8.43. The molecule has 0 unspecified atom stereocenters. The molecule has 6 atom stereocenters. The third-order valence-corrected chi connectivity index (χ3v) is 10.1. The van der Waals surface area contributed by atoms with Crippen LogP contribution >= 0.6 is 34.8 Å². The summed E-state index contributed by atoms with van der Waals surface area (Å²) in [7, 11) is 1.26. The molecule has 0 aromatic heterocycles. The van der Waals surface area contributed by atoms with E-state index in [-0.39, 0.29) is 18.4 Å². The van der Waals surface area contributed by atoms with E-state index in [1.807, 2.05) is 0 Å². The van der Waals surface area contributed by atoms with Crippen LogP contribution in [0.25, 0.3) is 0 Å². The van der Waals surface area contributed by atoms with Crippen LogP contribution in [0.2, 0.25) is 5.02 Å². The number of carbonyl (C=O) groups excluding carboxylic acids is 4. The molecule has 7 nitrogen and oxygen atoms in total. The van der Waals surface area contributed by atoms with Crippen molar-refractivity contribution < 1.29 is 28.7 Å². The number of halogens is 4. The van der Waals surface area contributed by atoms with Crippen molar-refractivity contribution in [3.8, 4) is 5.75 Å². The molecule has 2 aliphatic carbocycles. The second-order valence-electron chi connectivity index (χ2n) is 10.2. The van der Waals surface area contributed by atoms with Gasteiger partial charge >= 0.3 is 0 Å². The second kappa shape index (κ2) is 8.28. The molecule has 0 spiro atoms. The Hall–Kier alpha value is -2.94.